The predicted molar refractivity (Wildman–Crippen MR) is 171 cm³/mol. The van der Waals surface area contributed by atoms with Crippen LogP contribution >= 0.6 is 7.82 Å². The number of esters is 2. The number of rotatable bonds is 30. The molecule has 2 unspecified atom stereocenters. The Hall–Kier alpha value is -1.62. The molecule has 2 N–H and O–H groups in total. The zero-order chi connectivity index (χ0) is 33.1. The summed E-state index contributed by atoms with van der Waals surface area (Å²) in [7, 11) is 1.30. The molecule has 12 heteroatoms. The van der Waals surface area contributed by atoms with E-state index in [1.54, 1.807) is 0 Å². The summed E-state index contributed by atoms with van der Waals surface area (Å²) in [6, 6.07) is 0. The fourth-order valence-corrected chi connectivity index (χ4v) is 5.02. The number of nitrogens with zero attached hydrogens (tertiary/aromatic N) is 1. The molecular weight excluding hydrogens is 589 g/mol. The van der Waals surface area contributed by atoms with Gasteiger partial charge in [0.25, 0.3) is 0 Å². The Balaban J connectivity index is 4.48. The highest BCUT2D eigenvalue weighted by atomic mass is 31.2. The average Bonchev–Trinajstić information content (AvgIpc) is 2.95. The first kappa shape index (κ1) is 42.4. The summed E-state index contributed by atoms with van der Waals surface area (Å²) in [5, 5.41) is 9.76. The SMILES string of the molecule is CCCCCCCCCCCCCCCC(=O)OC[C@H](COP(=O)(O)OCC[N+](C)(C)C)OC(=O)CCCC(O)/C=C/C=O. The monoisotopic (exact) mass is 650 g/mol. The molecule has 0 spiro atoms. The van der Waals surface area contributed by atoms with Gasteiger partial charge in [-0.15, -0.1) is 0 Å². The molecule has 258 valence electrons. The van der Waals surface area contributed by atoms with Crippen molar-refractivity contribution in [3.8, 4) is 0 Å². The van der Waals surface area contributed by atoms with Crippen LogP contribution in [0, 0.1) is 0 Å². The number of allylic oxidation sites excluding steroid dienone is 1. The lowest BCUT2D eigenvalue weighted by molar-refractivity contribution is -0.870. The molecular formula is C32H61NO10P+. The summed E-state index contributed by atoms with van der Waals surface area (Å²) in [5.74, 6) is -1.08. The van der Waals surface area contributed by atoms with E-state index in [-0.39, 0.29) is 38.9 Å². The molecule has 0 saturated carbocycles. The Morgan fingerprint density at radius 3 is 1.89 bits per heavy atom. The van der Waals surface area contributed by atoms with Crippen molar-refractivity contribution in [1.82, 2.24) is 0 Å². The van der Waals surface area contributed by atoms with Crippen LogP contribution in [0.4, 0.5) is 0 Å². The zero-order valence-electron chi connectivity index (χ0n) is 27.8. The van der Waals surface area contributed by atoms with Crippen molar-refractivity contribution in [2.75, 3.05) is 47.5 Å². The number of carbonyl (C=O) groups excluding carboxylic acids is 3. The third kappa shape index (κ3) is 29.1. The Bertz CT molecular complexity index is 830. The highest BCUT2D eigenvalue weighted by molar-refractivity contribution is 7.47. The molecule has 0 saturated heterocycles. The van der Waals surface area contributed by atoms with Crippen LogP contribution in [0.25, 0.3) is 0 Å². The lowest BCUT2D eigenvalue weighted by Gasteiger charge is -2.24. The molecule has 0 amide bonds. The second kappa shape index (κ2) is 26.6. The lowest BCUT2D eigenvalue weighted by Crippen LogP contribution is -2.37. The fourth-order valence-electron chi connectivity index (χ4n) is 4.28. The minimum Gasteiger partial charge on any atom is -0.462 e. The highest BCUT2D eigenvalue weighted by Gasteiger charge is 2.27. The number of quaternary nitrogens is 1. The van der Waals surface area contributed by atoms with Crippen molar-refractivity contribution in [2.45, 2.75) is 128 Å². The summed E-state index contributed by atoms with van der Waals surface area (Å²) < 4.78 is 33.5. The van der Waals surface area contributed by atoms with Crippen molar-refractivity contribution in [1.29, 1.82) is 0 Å². The maximum Gasteiger partial charge on any atom is 0.472 e. The summed E-state index contributed by atoms with van der Waals surface area (Å²) in [6.07, 6.45) is 17.4. The van der Waals surface area contributed by atoms with Gasteiger partial charge in [0, 0.05) is 12.8 Å². The third-order valence-corrected chi connectivity index (χ3v) is 7.93. The Labute approximate surface area is 265 Å². The van der Waals surface area contributed by atoms with Crippen molar-refractivity contribution in [3.63, 3.8) is 0 Å². The van der Waals surface area contributed by atoms with Gasteiger partial charge >= 0.3 is 19.8 Å². The van der Waals surface area contributed by atoms with Crippen molar-refractivity contribution < 1.29 is 52.0 Å². The highest BCUT2D eigenvalue weighted by Crippen LogP contribution is 2.43. The first-order valence-electron chi connectivity index (χ1n) is 16.5. The van der Waals surface area contributed by atoms with Crippen LogP contribution < -0.4 is 0 Å². The molecule has 0 radical (unpaired) electrons. The number of hydrogen-bond acceptors (Lipinski definition) is 9. The van der Waals surface area contributed by atoms with Gasteiger partial charge in [-0.1, -0.05) is 90.0 Å². The summed E-state index contributed by atoms with van der Waals surface area (Å²) in [5.41, 5.74) is 0. The molecule has 0 rings (SSSR count). The molecule has 0 aromatic carbocycles. The molecule has 3 atom stereocenters. The maximum absolute atomic E-state index is 12.4. The summed E-state index contributed by atoms with van der Waals surface area (Å²) >= 11 is 0. The molecule has 0 aliphatic rings. The maximum atomic E-state index is 12.4. The van der Waals surface area contributed by atoms with Gasteiger partial charge in [-0.2, -0.15) is 0 Å². The van der Waals surface area contributed by atoms with Crippen LogP contribution in [0.5, 0.6) is 0 Å². The van der Waals surface area contributed by atoms with Crippen molar-refractivity contribution in [3.05, 3.63) is 12.2 Å². The van der Waals surface area contributed by atoms with E-state index in [4.69, 9.17) is 18.5 Å². The number of aliphatic hydroxyl groups excluding tert-OH is 1. The second-order valence-electron chi connectivity index (χ2n) is 12.4. The van der Waals surface area contributed by atoms with Crippen molar-refractivity contribution >= 4 is 26.0 Å². The van der Waals surface area contributed by atoms with E-state index in [1.165, 1.54) is 69.9 Å². The van der Waals surface area contributed by atoms with Crippen LogP contribution in [0.3, 0.4) is 0 Å². The van der Waals surface area contributed by atoms with E-state index in [2.05, 4.69) is 6.92 Å². The number of hydrogen-bond donors (Lipinski definition) is 2. The number of likely N-dealkylation sites (N-methyl/N-ethyl adjacent to an activating group) is 1. The van der Waals surface area contributed by atoms with E-state index in [1.807, 2.05) is 21.1 Å². The standard InChI is InChI=1S/C32H60NO10P/c1-5-6-7-8-9-10-11-12-13-14-15-16-17-22-31(36)40-27-30(28-42-44(38,39)41-26-24-33(2,3)4)43-32(37)23-18-20-29(35)21-19-25-34/h19,21,25,29-30,35H,5-18,20,22-24,26-28H2,1-4H3/p+1/b21-19+/t29?,30-/m1/s1. The van der Waals surface area contributed by atoms with Gasteiger partial charge in [-0.3, -0.25) is 23.4 Å². The quantitative estimate of drug-likeness (QED) is 0.0235. The van der Waals surface area contributed by atoms with E-state index in [0.717, 1.165) is 19.3 Å². The number of carbonyl (C=O) groups is 3. The topological polar surface area (TPSA) is 146 Å². The van der Waals surface area contributed by atoms with Gasteiger partial charge in [0.15, 0.2) is 6.10 Å². The van der Waals surface area contributed by atoms with Crippen LogP contribution in [0.15, 0.2) is 12.2 Å². The van der Waals surface area contributed by atoms with Gasteiger partial charge in [0.1, 0.15) is 26.0 Å². The Morgan fingerprint density at radius 1 is 0.795 bits per heavy atom. The molecule has 11 nitrogen and oxygen atoms in total. The van der Waals surface area contributed by atoms with Gasteiger partial charge in [0.2, 0.25) is 0 Å². The largest absolute Gasteiger partial charge is 0.472 e. The molecule has 0 aromatic rings. The van der Waals surface area contributed by atoms with Crippen LogP contribution in [-0.4, -0.2) is 92.4 Å². The van der Waals surface area contributed by atoms with E-state index in [9.17, 15) is 28.9 Å². The summed E-state index contributed by atoms with van der Waals surface area (Å²) in [6.45, 7) is 1.86. The molecule has 0 bridgehead atoms. The first-order valence-corrected chi connectivity index (χ1v) is 18.0. The average molecular weight is 651 g/mol. The third-order valence-electron chi connectivity index (χ3n) is 6.95. The first-order chi connectivity index (χ1) is 20.9. The van der Waals surface area contributed by atoms with Crippen LogP contribution in [0.2, 0.25) is 0 Å². The Morgan fingerprint density at radius 2 is 1.34 bits per heavy atom. The molecule has 44 heavy (non-hydrogen) atoms. The molecule has 0 fully saturated rings. The van der Waals surface area contributed by atoms with Crippen LogP contribution in [0.1, 0.15) is 116 Å². The molecule has 0 aromatic heterocycles. The molecule has 0 aliphatic carbocycles. The lowest BCUT2D eigenvalue weighted by atomic mass is 10.0. The van der Waals surface area contributed by atoms with Gasteiger partial charge in [-0.25, -0.2) is 4.57 Å². The Kier molecular flexibility index (Phi) is 25.6. The molecule has 0 heterocycles. The number of phosphoric acid groups is 1. The van der Waals surface area contributed by atoms with E-state index in [0.29, 0.717) is 23.7 Å². The van der Waals surface area contributed by atoms with Gasteiger partial charge in [0.05, 0.1) is 33.9 Å². The van der Waals surface area contributed by atoms with Crippen molar-refractivity contribution in [2.24, 2.45) is 0 Å². The predicted octanol–water partition coefficient (Wildman–Crippen LogP) is 6.05. The molecule has 0 aliphatic heterocycles. The number of ether oxygens (including phenoxy) is 2. The number of phosphoric ester groups is 1. The smallest absolute Gasteiger partial charge is 0.462 e. The normalized spacial score (nSPS) is 14.7. The zero-order valence-corrected chi connectivity index (χ0v) is 28.7. The fraction of sp³-hybridized carbons (Fsp3) is 0.844. The van der Waals surface area contributed by atoms with Gasteiger partial charge < -0.3 is 24.0 Å². The number of aldehydes is 1. The minimum atomic E-state index is -4.42. The van der Waals surface area contributed by atoms with Crippen LogP contribution in [-0.2, 0) is 37.5 Å². The number of unbranched alkanes of at least 4 members (excludes halogenated alkanes) is 12. The minimum absolute atomic E-state index is 0.0171. The number of aliphatic hydroxyl groups is 1. The second-order valence-corrected chi connectivity index (χ2v) is 13.8. The van der Waals surface area contributed by atoms with Gasteiger partial charge in [-0.05, 0) is 25.3 Å². The van der Waals surface area contributed by atoms with E-state index >= 15 is 0 Å². The van der Waals surface area contributed by atoms with E-state index < -0.39 is 38.6 Å². The summed E-state index contributed by atoms with van der Waals surface area (Å²) in [4.78, 5) is 45.1.